The maximum Gasteiger partial charge on any atom is 0.222 e. The fourth-order valence-corrected chi connectivity index (χ4v) is 3.44. The van der Waals surface area contributed by atoms with Crippen LogP contribution in [0.3, 0.4) is 0 Å². The molecule has 1 aromatic heterocycles. The minimum absolute atomic E-state index is 0.351. The molecule has 0 aliphatic heterocycles. The summed E-state index contributed by atoms with van der Waals surface area (Å²) in [6.45, 7) is 5.86. The molecule has 1 N–H and O–H groups in total. The lowest BCUT2D eigenvalue weighted by Gasteiger charge is -2.23. The molecule has 0 saturated carbocycles. The summed E-state index contributed by atoms with van der Waals surface area (Å²) < 4.78 is 21.4. The Morgan fingerprint density at radius 1 is 1.17 bits per heavy atom. The summed E-state index contributed by atoms with van der Waals surface area (Å²) in [6.07, 6.45) is 0.527. The van der Waals surface area contributed by atoms with E-state index in [1.807, 2.05) is 37.4 Å². The van der Waals surface area contributed by atoms with Gasteiger partial charge < -0.3 is 9.84 Å². The molecule has 5 nitrogen and oxygen atoms in total. The summed E-state index contributed by atoms with van der Waals surface area (Å²) >= 11 is 0. The highest BCUT2D eigenvalue weighted by Crippen LogP contribution is 2.34. The fourth-order valence-electron chi connectivity index (χ4n) is 3.44. The smallest absolute Gasteiger partial charge is 0.222 e. The molecule has 0 bridgehead atoms. The van der Waals surface area contributed by atoms with Gasteiger partial charge in [-0.1, -0.05) is 43.3 Å². The van der Waals surface area contributed by atoms with Crippen molar-refractivity contribution in [2.24, 2.45) is 7.05 Å². The van der Waals surface area contributed by atoms with Crippen LogP contribution in [0.25, 0.3) is 11.3 Å². The maximum atomic E-state index is 13.7. The molecule has 0 aliphatic rings. The first-order valence-electron chi connectivity index (χ1n) is 9.93. The largest absolute Gasteiger partial charge is 0.439 e. The molecule has 29 heavy (non-hydrogen) atoms. The first-order chi connectivity index (χ1) is 14.0. The topological polar surface area (TPSA) is 50.5 Å². The van der Waals surface area contributed by atoms with Crippen LogP contribution in [0.5, 0.6) is 11.6 Å². The van der Waals surface area contributed by atoms with Crippen LogP contribution in [0.4, 0.5) is 4.39 Å². The third kappa shape index (κ3) is 5.43. The number of halogens is 1. The molecule has 3 aromatic rings. The molecule has 3 rings (SSSR count). The molecule has 0 spiro atoms. The van der Waals surface area contributed by atoms with Crippen LogP contribution >= 0.6 is 0 Å². The minimum atomic E-state index is -0.439. The van der Waals surface area contributed by atoms with Gasteiger partial charge in [0.1, 0.15) is 17.3 Å². The number of aliphatic hydroxyl groups is 1. The van der Waals surface area contributed by atoms with Crippen molar-refractivity contribution in [3.63, 3.8) is 0 Å². The van der Waals surface area contributed by atoms with E-state index in [1.165, 1.54) is 12.1 Å². The van der Waals surface area contributed by atoms with Crippen molar-refractivity contribution in [1.29, 1.82) is 0 Å². The van der Waals surface area contributed by atoms with Gasteiger partial charge in [0, 0.05) is 31.8 Å². The van der Waals surface area contributed by atoms with Crippen LogP contribution in [-0.2, 0) is 13.6 Å². The van der Waals surface area contributed by atoms with Gasteiger partial charge in [-0.2, -0.15) is 5.10 Å². The number of benzene rings is 2. The summed E-state index contributed by atoms with van der Waals surface area (Å²) in [4.78, 5) is 2.19. The SMILES string of the molecule is CCCN(Cc1c(-c2ccccc2)nn(C)c1Oc1cccc(F)c1)CC(C)O. The molecule has 1 atom stereocenters. The Morgan fingerprint density at radius 3 is 2.59 bits per heavy atom. The standard InChI is InChI=1S/C23H28FN3O2/c1-4-13-27(15-17(2)28)16-21-22(18-9-6-5-7-10-18)25-26(3)23(21)29-20-12-8-11-19(24)14-20/h5-12,14,17,28H,4,13,15-16H2,1-3H3. The monoisotopic (exact) mass is 397 g/mol. The second-order valence-corrected chi connectivity index (χ2v) is 7.27. The number of aliphatic hydroxyl groups excluding tert-OH is 1. The quantitative estimate of drug-likeness (QED) is 0.573. The van der Waals surface area contributed by atoms with E-state index < -0.39 is 6.10 Å². The molecule has 0 aliphatic carbocycles. The average Bonchev–Trinajstić information content (AvgIpc) is 2.98. The zero-order valence-corrected chi connectivity index (χ0v) is 17.2. The number of rotatable bonds is 9. The Kier molecular flexibility index (Phi) is 7.01. The lowest BCUT2D eigenvalue weighted by Crippen LogP contribution is -2.31. The first kappa shape index (κ1) is 21.0. The Balaban J connectivity index is 2.03. The summed E-state index contributed by atoms with van der Waals surface area (Å²) in [6, 6.07) is 16.0. The molecule has 2 aromatic carbocycles. The van der Waals surface area contributed by atoms with E-state index in [0.717, 1.165) is 29.8 Å². The molecular weight excluding hydrogens is 369 g/mol. The van der Waals surface area contributed by atoms with Crippen molar-refractivity contribution in [2.75, 3.05) is 13.1 Å². The number of hydrogen-bond acceptors (Lipinski definition) is 4. The van der Waals surface area contributed by atoms with Crippen molar-refractivity contribution >= 4 is 0 Å². The first-order valence-corrected chi connectivity index (χ1v) is 9.93. The Labute approximate surface area is 171 Å². The molecular formula is C23H28FN3O2. The van der Waals surface area contributed by atoms with Crippen molar-refractivity contribution < 1.29 is 14.2 Å². The predicted octanol–water partition coefficient (Wildman–Crippen LogP) is 4.61. The molecule has 0 radical (unpaired) electrons. The van der Waals surface area contributed by atoms with Crippen LogP contribution in [0, 0.1) is 5.82 Å². The van der Waals surface area contributed by atoms with Crippen LogP contribution in [0.1, 0.15) is 25.8 Å². The highest BCUT2D eigenvalue weighted by atomic mass is 19.1. The number of aromatic nitrogens is 2. The molecule has 1 unspecified atom stereocenters. The van der Waals surface area contributed by atoms with Crippen molar-refractivity contribution in [1.82, 2.24) is 14.7 Å². The highest BCUT2D eigenvalue weighted by molar-refractivity contribution is 5.65. The Hall–Kier alpha value is -2.70. The van der Waals surface area contributed by atoms with Gasteiger partial charge in [0.2, 0.25) is 5.88 Å². The zero-order chi connectivity index (χ0) is 20.8. The van der Waals surface area contributed by atoms with Gasteiger partial charge in [0.05, 0.1) is 11.7 Å². The van der Waals surface area contributed by atoms with Crippen LogP contribution < -0.4 is 4.74 Å². The van der Waals surface area contributed by atoms with Crippen LogP contribution in [0.2, 0.25) is 0 Å². The van der Waals surface area contributed by atoms with Gasteiger partial charge >= 0.3 is 0 Å². The van der Waals surface area contributed by atoms with E-state index in [1.54, 1.807) is 23.7 Å². The van der Waals surface area contributed by atoms with E-state index >= 15 is 0 Å². The molecule has 154 valence electrons. The lowest BCUT2D eigenvalue weighted by molar-refractivity contribution is 0.122. The van der Waals surface area contributed by atoms with Crippen LogP contribution in [-0.4, -0.2) is 39.0 Å². The third-order valence-corrected chi connectivity index (χ3v) is 4.59. The van der Waals surface area contributed by atoms with Gasteiger partial charge in [-0.05, 0) is 32.0 Å². The molecule has 0 amide bonds. The summed E-state index contributed by atoms with van der Waals surface area (Å²) in [5.41, 5.74) is 2.73. The van der Waals surface area contributed by atoms with Crippen LogP contribution in [0.15, 0.2) is 54.6 Å². The van der Waals surface area contributed by atoms with Gasteiger partial charge in [0.15, 0.2) is 0 Å². The average molecular weight is 397 g/mol. The maximum absolute atomic E-state index is 13.7. The second kappa shape index (κ2) is 9.67. The summed E-state index contributed by atoms with van der Waals surface area (Å²) in [5, 5.41) is 14.6. The minimum Gasteiger partial charge on any atom is -0.439 e. The molecule has 0 saturated heterocycles. The number of ether oxygens (including phenoxy) is 1. The molecule has 1 heterocycles. The van der Waals surface area contributed by atoms with E-state index in [4.69, 9.17) is 9.84 Å². The summed E-state index contributed by atoms with van der Waals surface area (Å²) in [7, 11) is 1.82. The van der Waals surface area contributed by atoms with E-state index in [2.05, 4.69) is 11.8 Å². The van der Waals surface area contributed by atoms with Crippen molar-refractivity contribution in [3.8, 4) is 22.9 Å². The van der Waals surface area contributed by atoms with Gasteiger partial charge in [-0.15, -0.1) is 0 Å². The molecule has 0 fully saturated rings. The Morgan fingerprint density at radius 2 is 1.93 bits per heavy atom. The Bertz CT molecular complexity index is 925. The van der Waals surface area contributed by atoms with E-state index in [0.29, 0.717) is 24.7 Å². The highest BCUT2D eigenvalue weighted by Gasteiger charge is 2.22. The second-order valence-electron chi connectivity index (χ2n) is 7.27. The van der Waals surface area contributed by atoms with Gasteiger partial charge in [-0.25, -0.2) is 9.07 Å². The van der Waals surface area contributed by atoms with E-state index in [9.17, 15) is 9.50 Å². The van der Waals surface area contributed by atoms with Gasteiger partial charge in [-0.3, -0.25) is 4.90 Å². The molecule has 6 heteroatoms. The third-order valence-electron chi connectivity index (χ3n) is 4.59. The fraction of sp³-hybridized carbons (Fsp3) is 0.348. The normalized spacial score (nSPS) is 12.3. The number of nitrogens with zero attached hydrogens (tertiary/aromatic N) is 3. The zero-order valence-electron chi connectivity index (χ0n) is 17.2. The van der Waals surface area contributed by atoms with Crippen molar-refractivity contribution in [2.45, 2.75) is 32.9 Å². The predicted molar refractivity (Wildman–Crippen MR) is 112 cm³/mol. The lowest BCUT2D eigenvalue weighted by atomic mass is 10.1. The number of hydrogen-bond donors (Lipinski definition) is 1. The van der Waals surface area contributed by atoms with E-state index in [-0.39, 0.29) is 5.82 Å². The van der Waals surface area contributed by atoms with Crippen molar-refractivity contribution in [3.05, 3.63) is 66.0 Å². The van der Waals surface area contributed by atoms with Gasteiger partial charge in [0.25, 0.3) is 0 Å². The summed E-state index contributed by atoms with van der Waals surface area (Å²) in [5.74, 6) is 0.642. The number of aryl methyl sites for hydroxylation is 1.